The van der Waals surface area contributed by atoms with Crippen molar-refractivity contribution in [3.8, 4) is 5.75 Å². The third-order valence-corrected chi connectivity index (χ3v) is 2.27. The number of carbonyl (C=O) groups excluding carboxylic acids is 2. The maximum atomic E-state index is 11.7. The van der Waals surface area contributed by atoms with E-state index in [2.05, 4.69) is 5.32 Å². The Morgan fingerprint density at radius 2 is 2.00 bits per heavy atom. The highest BCUT2D eigenvalue weighted by atomic mass is 16.3. The molecule has 0 aliphatic heterocycles. The summed E-state index contributed by atoms with van der Waals surface area (Å²) in [7, 11) is 3.25. The van der Waals surface area contributed by atoms with Crippen LogP contribution in [0, 0.1) is 0 Å². The molecule has 2 amide bonds. The van der Waals surface area contributed by atoms with Crippen molar-refractivity contribution in [2.75, 3.05) is 14.1 Å². The fraction of sp³-hybridized carbons (Fsp3) is 0.333. The minimum atomic E-state index is -0.597. The summed E-state index contributed by atoms with van der Waals surface area (Å²) in [5, 5.41) is 11.8. The quantitative estimate of drug-likeness (QED) is 0.807. The van der Waals surface area contributed by atoms with Crippen LogP contribution in [0.4, 0.5) is 0 Å². The van der Waals surface area contributed by atoms with E-state index in [1.165, 1.54) is 17.0 Å². The van der Waals surface area contributed by atoms with Crippen LogP contribution in [0.5, 0.6) is 5.75 Å². The van der Waals surface area contributed by atoms with E-state index in [9.17, 15) is 14.7 Å². The molecule has 17 heavy (non-hydrogen) atoms. The smallest absolute Gasteiger partial charge is 0.252 e. The van der Waals surface area contributed by atoms with Crippen LogP contribution in [0.2, 0.25) is 0 Å². The Labute approximate surface area is 100 Å². The molecule has 0 bridgehead atoms. The number of benzene rings is 1. The van der Waals surface area contributed by atoms with Gasteiger partial charge in [0.15, 0.2) is 0 Å². The van der Waals surface area contributed by atoms with Gasteiger partial charge in [0.05, 0.1) is 0 Å². The number of phenols is 1. The molecule has 0 saturated carbocycles. The zero-order valence-corrected chi connectivity index (χ0v) is 10.1. The summed E-state index contributed by atoms with van der Waals surface area (Å²) < 4.78 is 0. The summed E-state index contributed by atoms with van der Waals surface area (Å²) in [6, 6.07) is 5.37. The topological polar surface area (TPSA) is 69.6 Å². The Balaban J connectivity index is 2.70. The molecule has 0 saturated heterocycles. The van der Waals surface area contributed by atoms with Gasteiger partial charge in [0.2, 0.25) is 5.91 Å². The summed E-state index contributed by atoms with van der Waals surface area (Å²) in [4.78, 5) is 24.7. The standard InChI is InChI=1S/C12H16N2O3/c1-8(12(17)14(2)3)13-11(16)9-5-4-6-10(15)7-9/h4-8,15H,1-3H3,(H,13,16). The van der Waals surface area contributed by atoms with Gasteiger partial charge in [0.1, 0.15) is 11.8 Å². The van der Waals surface area contributed by atoms with Crippen LogP contribution in [0.1, 0.15) is 17.3 Å². The third-order valence-electron chi connectivity index (χ3n) is 2.27. The van der Waals surface area contributed by atoms with Gasteiger partial charge in [-0.05, 0) is 25.1 Å². The molecule has 0 aliphatic rings. The molecule has 2 N–H and O–H groups in total. The number of phenolic OH excluding ortho intramolecular Hbond substituents is 1. The van der Waals surface area contributed by atoms with E-state index in [0.29, 0.717) is 5.56 Å². The molecule has 0 heterocycles. The third kappa shape index (κ3) is 3.48. The number of amides is 2. The van der Waals surface area contributed by atoms with Gasteiger partial charge in [0, 0.05) is 19.7 Å². The highest BCUT2D eigenvalue weighted by Gasteiger charge is 2.17. The average molecular weight is 236 g/mol. The summed E-state index contributed by atoms with van der Waals surface area (Å²) in [6.07, 6.45) is 0. The Hall–Kier alpha value is -2.04. The number of hydrogen-bond acceptors (Lipinski definition) is 3. The molecule has 1 atom stereocenters. The number of carbonyl (C=O) groups is 2. The van der Waals surface area contributed by atoms with Crippen molar-refractivity contribution in [3.63, 3.8) is 0 Å². The van der Waals surface area contributed by atoms with Crippen LogP contribution < -0.4 is 5.32 Å². The number of aromatic hydroxyl groups is 1. The minimum absolute atomic E-state index is 0.0178. The van der Waals surface area contributed by atoms with Gasteiger partial charge in [-0.2, -0.15) is 0 Å². The number of nitrogens with zero attached hydrogens (tertiary/aromatic N) is 1. The van der Waals surface area contributed by atoms with E-state index in [0.717, 1.165) is 0 Å². The Kier molecular flexibility index (Phi) is 4.09. The lowest BCUT2D eigenvalue weighted by molar-refractivity contribution is -0.130. The van der Waals surface area contributed by atoms with Gasteiger partial charge in [-0.1, -0.05) is 6.07 Å². The maximum absolute atomic E-state index is 11.7. The van der Waals surface area contributed by atoms with Crippen LogP contribution in [0.3, 0.4) is 0 Å². The first-order valence-electron chi connectivity index (χ1n) is 5.23. The van der Waals surface area contributed by atoms with Crippen molar-refractivity contribution < 1.29 is 14.7 Å². The average Bonchev–Trinajstić information content (AvgIpc) is 2.27. The van der Waals surface area contributed by atoms with Gasteiger partial charge in [0.25, 0.3) is 5.91 Å². The predicted octanol–water partition coefficient (Wildman–Crippen LogP) is 0.599. The van der Waals surface area contributed by atoms with Gasteiger partial charge >= 0.3 is 0 Å². The first-order valence-corrected chi connectivity index (χ1v) is 5.23. The van der Waals surface area contributed by atoms with E-state index in [4.69, 9.17) is 0 Å². The van der Waals surface area contributed by atoms with Gasteiger partial charge in [-0.3, -0.25) is 9.59 Å². The van der Waals surface area contributed by atoms with E-state index >= 15 is 0 Å². The fourth-order valence-corrected chi connectivity index (χ4v) is 1.38. The van der Waals surface area contributed by atoms with Crippen LogP contribution in [-0.2, 0) is 4.79 Å². The molecule has 1 unspecified atom stereocenters. The summed E-state index contributed by atoms with van der Waals surface area (Å²) >= 11 is 0. The van der Waals surface area contributed by atoms with Gasteiger partial charge < -0.3 is 15.3 Å². The number of hydrogen-bond donors (Lipinski definition) is 2. The number of rotatable bonds is 3. The molecule has 0 aliphatic carbocycles. The lowest BCUT2D eigenvalue weighted by Crippen LogP contribution is -2.44. The molecule has 0 spiro atoms. The SMILES string of the molecule is CC(NC(=O)c1cccc(O)c1)C(=O)N(C)C. The van der Waals surface area contributed by atoms with Crippen LogP contribution in [0.25, 0.3) is 0 Å². The van der Waals surface area contributed by atoms with Crippen molar-refractivity contribution in [1.82, 2.24) is 10.2 Å². The Bertz CT molecular complexity index is 430. The second-order valence-electron chi connectivity index (χ2n) is 3.98. The molecule has 0 aromatic heterocycles. The largest absolute Gasteiger partial charge is 0.508 e. The van der Waals surface area contributed by atoms with Crippen LogP contribution >= 0.6 is 0 Å². The molecule has 5 heteroatoms. The minimum Gasteiger partial charge on any atom is -0.508 e. The molecule has 5 nitrogen and oxygen atoms in total. The molecular weight excluding hydrogens is 220 g/mol. The normalized spacial score (nSPS) is 11.7. The summed E-state index contributed by atoms with van der Waals surface area (Å²) in [6.45, 7) is 1.61. The monoisotopic (exact) mass is 236 g/mol. The van der Waals surface area contributed by atoms with Gasteiger partial charge in [-0.15, -0.1) is 0 Å². The van der Waals surface area contributed by atoms with Crippen LogP contribution in [-0.4, -0.2) is 42.0 Å². The summed E-state index contributed by atoms with van der Waals surface area (Å²) in [5.74, 6) is -0.550. The van der Waals surface area contributed by atoms with E-state index in [1.807, 2.05) is 0 Å². The molecular formula is C12H16N2O3. The van der Waals surface area contributed by atoms with E-state index < -0.39 is 6.04 Å². The van der Waals surface area contributed by atoms with Gasteiger partial charge in [-0.25, -0.2) is 0 Å². The zero-order valence-electron chi connectivity index (χ0n) is 10.1. The predicted molar refractivity (Wildman–Crippen MR) is 63.7 cm³/mol. The lowest BCUT2D eigenvalue weighted by Gasteiger charge is -2.17. The summed E-state index contributed by atoms with van der Waals surface area (Å²) in [5.41, 5.74) is 0.323. The van der Waals surface area contributed by atoms with Crippen molar-refractivity contribution in [3.05, 3.63) is 29.8 Å². The molecule has 0 radical (unpaired) electrons. The van der Waals surface area contributed by atoms with E-state index in [-0.39, 0.29) is 17.6 Å². The highest BCUT2D eigenvalue weighted by molar-refractivity contribution is 5.97. The molecule has 0 fully saturated rings. The van der Waals surface area contributed by atoms with Crippen molar-refractivity contribution in [2.24, 2.45) is 0 Å². The number of nitrogens with one attached hydrogen (secondary N) is 1. The van der Waals surface area contributed by atoms with Crippen LogP contribution in [0.15, 0.2) is 24.3 Å². The highest BCUT2D eigenvalue weighted by Crippen LogP contribution is 2.10. The van der Waals surface area contributed by atoms with Crippen molar-refractivity contribution in [2.45, 2.75) is 13.0 Å². The molecule has 1 aromatic rings. The second kappa shape index (κ2) is 5.34. The second-order valence-corrected chi connectivity index (χ2v) is 3.98. The zero-order chi connectivity index (χ0) is 13.0. The number of likely N-dealkylation sites (N-methyl/N-ethyl adjacent to an activating group) is 1. The Morgan fingerprint density at radius 3 is 2.53 bits per heavy atom. The molecule has 1 rings (SSSR count). The first kappa shape index (κ1) is 13.0. The Morgan fingerprint density at radius 1 is 1.35 bits per heavy atom. The van der Waals surface area contributed by atoms with Crippen molar-refractivity contribution >= 4 is 11.8 Å². The maximum Gasteiger partial charge on any atom is 0.252 e. The first-order chi connectivity index (χ1) is 7.91. The van der Waals surface area contributed by atoms with E-state index in [1.54, 1.807) is 33.2 Å². The lowest BCUT2D eigenvalue weighted by atomic mass is 10.2. The fourth-order valence-electron chi connectivity index (χ4n) is 1.38. The molecule has 92 valence electrons. The van der Waals surface area contributed by atoms with Crippen molar-refractivity contribution in [1.29, 1.82) is 0 Å². The molecule has 1 aromatic carbocycles.